The topological polar surface area (TPSA) is 126 Å². The highest BCUT2D eigenvalue weighted by Crippen LogP contribution is 2.48. The molecule has 0 heterocycles. The number of ether oxygens (including phenoxy) is 1. The van der Waals surface area contributed by atoms with Crippen LogP contribution in [0.3, 0.4) is 0 Å². The van der Waals surface area contributed by atoms with E-state index in [0.717, 1.165) is 38.0 Å². The highest BCUT2D eigenvalue weighted by atomic mass is 32.2. The van der Waals surface area contributed by atoms with Gasteiger partial charge < -0.3 is 20.3 Å². The summed E-state index contributed by atoms with van der Waals surface area (Å²) in [6.45, 7) is 1.94. The first-order chi connectivity index (χ1) is 13.6. The standard InChI is InChI=1S/C19H31N5O4S/c1-24(2)17(25)13-22-18(23-14-19(8-9-19)10-11-28-3)21-12-15-4-6-16(7-5-15)29(20,26)27/h4-7H,8-14H2,1-3H3,(H2,20,26,27)(H2,21,22,23). The maximum atomic E-state index is 11.9. The van der Waals surface area contributed by atoms with Gasteiger partial charge in [0.2, 0.25) is 15.9 Å². The highest BCUT2D eigenvalue weighted by molar-refractivity contribution is 7.89. The van der Waals surface area contributed by atoms with Crippen molar-refractivity contribution in [3.63, 3.8) is 0 Å². The van der Waals surface area contributed by atoms with Crippen molar-refractivity contribution < 1.29 is 17.9 Å². The first-order valence-electron chi connectivity index (χ1n) is 9.48. The lowest BCUT2D eigenvalue weighted by atomic mass is 10.0. The van der Waals surface area contributed by atoms with Crippen molar-refractivity contribution in [3.05, 3.63) is 29.8 Å². The largest absolute Gasteiger partial charge is 0.385 e. The van der Waals surface area contributed by atoms with Crippen molar-refractivity contribution in [1.82, 2.24) is 15.5 Å². The van der Waals surface area contributed by atoms with E-state index in [9.17, 15) is 13.2 Å². The zero-order valence-corrected chi connectivity index (χ0v) is 18.1. The molecule has 0 saturated heterocycles. The molecule has 0 radical (unpaired) electrons. The Labute approximate surface area is 172 Å². The fourth-order valence-corrected chi connectivity index (χ4v) is 3.24. The Balaban J connectivity index is 2.02. The summed E-state index contributed by atoms with van der Waals surface area (Å²) in [5.74, 6) is 0.483. The van der Waals surface area contributed by atoms with Gasteiger partial charge in [0.25, 0.3) is 0 Å². The van der Waals surface area contributed by atoms with Crippen molar-refractivity contribution in [2.45, 2.75) is 30.7 Å². The molecule has 1 aliphatic rings. The van der Waals surface area contributed by atoms with Gasteiger partial charge in [-0.05, 0) is 42.4 Å². The summed E-state index contributed by atoms with van der Waals surface area (Å²) in [5, 5.41) is 11.5. The number of rotatable bonds is 10. The number of carbonyl (C=O) groups is 1. The predicted octanol–water partition coefficient (Wildman–Crippen LogP) is 0.274. The number of carbonyl (C=O) groups excluding carboxylic acids is 1. The smallest absolute Gasteiger partial charge is 0.241 e. The summed E-state index contributed by atoms with van der Waals surface area (Å²) >= 11 is 0. The molecule has 10 heteroatoms. The Hall–Kier alpha value is -2.17. The van der Waals surface area contributed by atoms with E-state index in [4.69, 9.17) is 9.88 Å². The molecule has 1 saturated carbocycles. The van der Waals surface area contributed by atoms with Crippen LogP contribution in [0, 0.1) is 5.41 Å². The van der Waals surface area contributed by atoms with Crippen LogP contribution in [0.1, 0.15) is 24.8 Å². The van der Waals surface area contributed by atoms with Gasteiger partial charge in [0.05, 0.1) is 18.0 Å². The van der Waals surface area contributed by atoms with Crippen LogP contribution in [0.4, 0.5) is 0 Å². The fourth-order valence-electron chi connectivity index (χ4n) is 2.73. The van der Waals surface area contributed by atoms with E-state index >= 15 is 0 Å². The molecular weight excluding hydrogens is 394 g/mol. The third-order valence-corrected chi connectivity index (χ3v) is 5.93. The average Bonchev–Trinajstić information content (AvgIpc) is 3.45. The molecule has 9 nitrogen and oxygen atoms in total. The second kappa shape index (κ2) is 10.0. The summed E-state index contributed by atoms with van der Waals surface area (Å²) in [6.07, 6.45) is 3.26. The second-order valence-corrected chi connectivity index (χ2v) is 9.15. The van der Waals surface area contributed by atoms with E-state index in [1.54, 1.807) is 33.3 Å². The van der Waals surface area contributed by atoms with Crippen LogP contribution in [0.5, 0.6) is 0 Å². The van der Waals surface area contributed by atoms with Gasteiger partial charge in [0, 0.05) is 34.4 Å². The van der Waals surface area contributed by atoms with Crippen LogP contribution < -0.4 is 15.8 Å². The SMILES string of the molecule is COCCC1(CNC(=NCc2ccc(S(N)(=O)=O)cc2)NCC(=O)N(C)C)CC1. The zero-order chi connectivity index (χ0) is 21.5. The van der Waals surface area contributed by atoms with Crippen molar-refractivity contribution in [3.8, 4) is 0 Å². The molecule has 0 atom stereocenters. The van der Waals surface area contributed by atoms with Gasteiger partial charge in [0.15, 0.2) is 5.96 Å². The maximum Gasteiger partial charge on any atom is 0.241 e. The van der Waals surface area contributed by atoms with E-state index in [1.165, 1.54) is 17.0 Å². The quantitative estimate of drug-likeness (QED) is 0.365. The minimum Gasteiger partial charge on any atom is -0.385 e. The van der Waals surface area contributed by atoms with Gasteiger partial charge in [-0.1, -0.05) is 12.1 Å². The average molecular weight is 426 g/mol. The number of likely N-dealkylation sites (N-methyl/N-ethyl adjacent to an activating group) is 1. The van der Waals surface area contributed by atoms with Crippen molar-refractivity contribution in [2.24, 2.45) is 15.5 Å². The van der Waals surface area contributed by atoms with E-state index in [2.05, 4.69) is 15.6 Å². The van der Waals surface area contributed by atoms with E-state index in [1.807, 2.05) is 0 Å². The molecule has 1 amide bonds. The molecule has 1 aromatic rings. The normalized spacial score (nSPS) is 15.7. The number of hydrogen-bond donors (Lipinski definition) is 3. The van der Waals surface area contributed by atoms with Crippen LogP contribution in [0.25, 0.3) is 0 Å². The summed E-state index contributed by atoms with van der Waals surface area (Å²) in [5.41, 5.74) is 1.05. The summed E-state index contributed by atoms with van der Waals surface area (Å²) < 4.78 is 27.9. The van der Waals surface area contributed by atoms with E-state index in [-0.39, 0.29) is 22.8 Å². The predicted molar refractivity (Wildman–Crippen MR) is 112 cm³/mol. The number of nitrogens with zero attached hydrogens (tertiary/aromatic N) is 2. The summed E-state index contributed by atoms with van der Waals surface area (Å²) in [7, 11) is 1.38. The fraction of sp³-hybridized carbons (Fsp3) is 0.579. The maximum absolute atomic E-state index is 11.9. The number of nitrogens with two attached hydrogens (primary N) is 1. The third-order valence-electron chi connectivity index (χ3n) is 5.00. The lowest BCUT2D eigenvalue weighted by molar-refractivity contribution is -0.127. The van der Waals surface area contributed by atoms with Crippen LogP contribution in [-0.2, 0) is 26.1 Å². The van der Waals surface area contributed by atoms with Gasteiger partial charge in [-0.25, -0.2) is 18.5 Å². The number of nitrogens with one attached hydrogen (secondary N) is 2. The van der Waals surface area contributed by atoms with Crippen LogP contribution >= 0.6 is 0 Å². The number of benzene rings is 1. The van der Waals surface area contributed by atoms with Crippen LogP contribution in [0.15, 0.2) is 34.2 Å². The molecule has 0 bridgehead atoms. The minimum atomic E-state index is -3.72. The Morgan fingerprint density at radius 3 is 2.41 bits per heavy atom. The molecule has 162 valence electrons. The monoisotopic (exact) mass is 425 g/mol. The van der Waals surface area contributed by atoms with Crippen molar-refractivity contribution in [1.29, 1.82) is 0 Å². The number of guanidine groups is 1. The number of methoxy groups -OCH3 is 1. The molecule has 29 heavy (non-hydrogen) atoms. The van der Waals surface area contributed by atoms with Gasteiger partial charge in [0.1, 0.15) is 0 Å². The van der Waals surface area contributed by atoms with Crippen LogP contribution in [-0.4, -0.2) is 66.1 Å². The molecule has 0 aliphatic heterocycles. The van der Waals surface area contributed by atoms with Crippen molar-refractivity contribution in [2.75, 3.05) is 40.9 Å². The molecular formula is C19H31N5O4S. The number of amides is 1. The first-order valence-corrected chi connectivity index (χ1v) is 11.0. The molecule has 1 aliphatic carbocycles. The van der Waals surface area contributed by atoms with E-state index in [0.29, 0.717) is 12.5 Å². The molecule has 0 aromatic heterocycles. The Morgan fingerprint density at radius 1 is 1.24 bits per heavy atom. The summed E-state index contributed by atoms with van der Waals surface area (Å²) in [4.78, 5) is 18.0. The third kappa shape index (κ3) is 7.64. The summed E-state index contributed by atoms with van der Waals surface area (Å²) in [6, 6.07) is 6.26. The zero-order valence-electron chi connectivity index (χ0n) is 17.3. The molecule has 2 rings (SSSR count). The van der Waals surface area contributed by atoms with Gasteiger partial charge >= 0.3 is 0 Å². The number of sulfonamides is 1. The second-order valence-electron chi connectivity index (χ2n) is 7.59. The molecule has 1 fully saturated rings. The van der Waals surface area contributed by atoms with Crippen molar-refractivity contribution >= 4 is 21.9 Å². The first kappa shape index (κ1) is 23.1. The van der Waals surface area contributed by atoms with Gasteiger partial charge in [-0.15, -0.1) is 0 Å². The van der Waals surface area contributed by atoms with E-state index < -0.39 is 10.0 Å². The molecule has 0 spiro atoms. The lowest BCUT2D eigenvalue weighted by Crippen LogP contribution is -2.44. The Morgan fingerprint density at radius 2 is 1.90 bits per heavy atom. The van der Waals surface area contributed by atoms with Crippen LogP contribution in [0.2, 0.25) is 0 Å². The number of primary sulfonamides is 1. The van der Waals surface area contributed by atoms with Gasteiger partial charge in [-0.3, -0.25) is 4.79 Å². The molecule has 4 N–H and O–H groups in total. The minimum absolute atomic E-state index is 0.0578. The molecule has 1 aromatic carbocycles. The Bertz CT molecular complexity index is 818. The van der Waals surface area contributed by atoms with Gasteiger partial charge in [-0.2, -0.15) is 0 Å². The highest BCUT2D eigenvalue weighted by Gasteiger charge is 2.41. The lowest BCUT2D eigenvalue weighted by Gasteiger charge is -2.19. The Kier molecular flexibility index (Phi) is 8.00. The number of hydrogen-bond acceptors (Lipinski definition) is 5. The molecule has 0 unspecified atom stereocenters. The number of aliphatic imine (C=N–C) groups is 1.